The number of rotatable bonds is 6. The molecule has 0 saturated heterocycles. The number of hydrogen-bond acceptors (Lipinski definition) is 4. The molecule has 1 unspecified atom stereocenters. The number of methoxy groups -OCH3 is 1. The molecule has 2 rings (SSSR count). The van der Waals surface area contributed by atoms with Gasteiger partial charge in [-0.3, -0.25) is 0 Å². The molecule has 4 N–H and O–H groups in total. The van der Waals surface area contributed by atoms with Crippen LogP contribution >= 0.6 is 0 Å². The van der Waals surface area contributed by atoms with Gasteiger partial charge in [-0.05, 0) is 18.4 Å². The third-order valence-electron chi connectivity index (χ3n) is 3.61. The Kier molecular flexibility index (Phi) is 4.76. The molecule has 1 aromatic rings. The van der Waals surface area contributed by atoms with Crippen LogP contribution in [0.4, 0.5) is 0 Å². The van der Waals surface area contributed by atoms with Gasteiger partial charge < -0.3 is 21.0 Å². The van der Waals surface area contributed by atoms with Gasteiger partial charge in [-0.25, -0.2) is 0 Å². The Morgan fingerprint density at radius 1 is 1.47 bits per heavy atom. The standard InChI is InChI=1S/C14H21N3O2/c1-19-12-7-11(8-12)16-13(9-14(15)17-18)10-5-3-2-4-6-10/h2-6,11-13,16,18H,7-9H2,1H3,(H2,15,17). The van der Waals surface area contributed by atoms with E-state index in [0.29, 0.717) is 18.6 Å². The fourth-order valence-corrected chi connectivity index (χ4v) is 2.39. The van der Waals surface area contributed by atoms with E-state index in [-0.39, 0.29) is 11.9 Å². The zero-order valence-electron chi connectivity index (χ0n) is 11.1. The number of nitrogens with two attached hydrogens (primary N) is 1. The second kappa shape index (κ2) is 6.54. The van der Waals surface area contributed by atoms with Gasteiger partial charge in [0, 0.05) is 25.6 Å². The van der Waals surface area contributed by atoms with Crippen LogP contribution in [0.15, 0.2) is 35.5 Å². The molecule has 5 nitrogen and oxygen atoms in total. The summed E-state index contributed by atoms with van der Waals surface area (Å²) in [5, 5.41) is 15.3. The molecule has 1 aliphatic rings. The van der Waals surface area contributed by atoms with Crippen molar-refractivity contribution in [2.75, 3.05) is 7.11 Å². The van der Waals surface area contributed by atoms with E-state index in [9.17, 15) is 0 Å². The van der Waals surface area contributed by atoms with E-state index in [1.807, 2.05) is 18.2 Å². The molecule has 1 fully saturated rings. The van der Waals surface area contributed by atoms with Crippen LogP contribution in [0.2, 0.25) is 0 Å². The lowest BCUT2D eigenvalue weighted by Gasteiger charge is -2.37. The Hall–Kier alpha value is -1.59. The van der Waals surface area contributed by atoms with E-state index < -0.39 is 0 Å². The Morgan fingerprint density at radius 2 is 2.16 bits per heavy atom. The van der Waals surface area contributed by atoms with Crippen LogP contribution in [0.3, 0.4) is 0 Å². The Labute approximate surface area is 113 Å². The number of amidine groups is 1. The van der Waals surface area contributed by atoms with E-state index in [4.69, 9.17) is 15.7 Å². The SMILES string of the molecule is COC1CC(NC(C/C(N)=N/O)c2ccccc2)C1. The Bertz CT molecular complexity index is 416. The van der Waals surface area contributed by atoms with Crippen LogP contribution in [0.5, 0.6) is 0 Å². The maximum atomic E-state index is 8.73. The number of hydrogen-bond donors (Lipinski definition) is 3. The Morgan fingerprint density at radius 3 is 2.74 bits per heavy atom. The molecule has 1 aliphatic carbocycles. The van der Waals surface area contributed by atoms with Crippen molar-refractivity contribution < 1.29 is 9.94 Å². The first kappa shape index (κ1) is 13.8. The molecule has 0 bridgehead atoms. The van der Waals surface area contributed by atoms with Gasteiger partial charge in [-0.15, -0.1) is 0 Å². The molecule has 1 saturated carbocycles. The van der Waals surface area contributed by atoms with Gasteiger partial charge in [0.05, 0.1) is 6.10 Å². The van der Waals surface area contributed by atoms with Crippen molar-refractivity contribution in [2.45, 2.75) is 37.5 Å². The first-order chi connectivity index (χ1) is 9.22. The van der Waals surface area contributed by atoms with Crippen LogP contribution in [0, 0.1) is 0 Å². The molecule has 0 spiro atoms. The lowest BCUT2D eigenvalue weighted by molar-refractivity contribution is 0.0143. The molecule has 0 aromatic heterocycles. The van der Waals surface area contributed by atoms with Gasteiger partial charge in [-0.2, -0.15) is 0 Å². The largest absolute Gasteiger partial charge is 0.409 e. The van der Waals surface area contributed by atoms with E-state index in [2.05, 4.69) is 22.6 Å². The third kappa shape index (κ3) is 3.68. The molecule has 0 aliphatic heterocycles. The summed E-state index contributed by atoms with van der Waals surface area (Å²) < 4.78 is 5.28. The average molecular weight is 263 g/mol. The van der Waals surface area contributed by atoms with Gasteiger partial charge in [0.2, 0.25) is 0 Å². The van der Waals surface area contributed by atoms with Crippen molar-refractivity contribution in [3.05, 3.63) is 35.9 Å². The van der Waals surface area contributed by atoms with Gasteiger partial charge in [-0.1, -0.05) is 35.5 Å². The first-order valence-corrected chi connectivity index (χ1v) is 6.53. The number of benzene rings is 1. The molecule has 1 atom stereocenters. The molecule has 0 amide bonds. The number of nitrogens with one attached hydrogen (secondary N) is 1. The summed E-state index contributed by atoms with van der Waals surface area (Å²) in [5.74, 6) is 0.240. The van der Waals surface area contributed by atoms with Crippen LogP contribution < -0.4 is 11.1 Å². The maximum absolute atomic E-state index is 8.73. The van der Waals surface area contributed by atoms with Gasteiger partial charge >= 0.3 is 0 Å². The van der Waals surface area contributed by atoms with Crippen molar-refractivity contribution >= 4 is 5.84 Å². The molecule has 104 valence electrons. The van der Waals surface area contributed by atoms with E-state index in [0.717, 1.165) is 18.4 Å². The van der Waals surface area contributed by atoms with Crippen molar-refractivity contribution in [1.82, 2.24) is 5.32 Å². The molecule has 0 radical (unpaired) electrons. The summed E-state index contributed by atoms with van der Waals surface area (Å²) in [4.78, 5) is 0. The minimum Gasteiger partial charge on any atom is -0.409 e. The highest BCUT2D eigenvalue weighted by molar-refractivity contribution is 5.80. The third-order valence-corrected chi connectivity index (χ3v) is 3.61. The van der Waals surface area contributed by atoms with Crippen molar-refractivity contribution in [3.8, 4) is 0 Å². The van der Waals surface area contributed by atoms with Crippen molar-refractivity contribution in [3.63, 3.8) is 0 Å². The minimum atomic E-state index is 0.0694. The fraction of sp³-hybridized carbons (Fsp3) is 0.500. The number of ether oxygens (including phenoxy) is 1. The summed E-state index contributed by atoms with van der Waals surface area (Å²) in [7, 11) is 1.74. The highest BCUT2D eigenvalue weighted by atomic mass is 16.5. The van der Waals surface area contributed by atoms with Gasteiger partial charge in [0.1, 0.15) is 5.84 Å². The predicted octanol–water partition coefficient (Wildman–Crippen LogP) is 1.63. The van der Waals surface area contributed by atoms with Gasteiger partial charge in [0.25, 0.3) is 0 Å². The summed E-state index contributed by atoms with van der Waals surface area (Å²) >= 11 is 0. The summed E-state index contributed by atoms with van der Waals surface area (Å²) in [6.07, 6.45) is 2.87. The molecule has 0 heterocycles. The van der Waals surface area contributed by atoms with E-state index >= 15 is 0 Å². The van der Waals surface area contributed by atoms with Crippen LogP contribution in [0.25, 0.3) is 0 Å². The molecular formula is C14H21N3O2. The second-order valence-corrected chi connectivity index (χ2v) is 4.95. The topological polar surface area (TPSA) is 79.9 Å². The average Bonchev–Trinajstić information content (AvgIpc) is 2.41. The quantitative estimate of drug-likeness (QED) is 0.315. The zero-order valence-corrected chi connectivity index (χ0v) is 11.1. The molecule has 1 aromatic carbocycles. The maximum Gasteiger partial charge on any atom is 0.141 e. The normalized spacial score (nSPS) is 24.8. The second-order valence-electron chi connectivity index (χ2n) is 4.95. The summed E-state index contributed by atoms with van der Waals surface area (Å²) in [5.41, 5.74) is 6.78. The Balaban J connectivity index is 1.99. The summed E-state index contributed by atoms with van der Waals surface area (Å²) in [6, 6.07) is 10.6. The number of nitrogens with zero attached hydrogens (tertiary/aromatic N) is 1. The highest BCUT2D eigenvalue weighted by Crippen LogP contribution is 2.27. The van der Waals surface area contributed by atoms with Crippen molar-refractivity contribution in [1.29, 1.82) is 0 Å². The van der Waals surface area contributed by atoms with Crippen molar-refractivity contribution in [2.24, 2.45) is 10.9 Å². The molecule has 19 heavy (non-hydrogen) atoms. The van der Waals surface area contributed by atoms with Gasteiger partial charge in [0.15, 0.2) is 0 Å². The highest BCUT2D eigenvalue weighted by Gasteiger charge is 2.31. The smallest absolute Gasteiger partial charge is 0.141 e. The van der Waals surface area contributed by atoms with Crippen LogP contribution in [-0.4, -0.2) is 30.3 Å². The molecular weight excluding hydrogens is 242 g/mol. The van der Waals surface area contributed by atoms with E-state index in [1.54, 1.807) is 7.11 Å². The lowest BCUT2D eigenvalue weighted by atomic mass is 9.87. The lowest BCUT2D eigenvalue weighted by Crippen LogP contribution is -2.47. The predicted molar refractivity (Wildman–Crippen MR) is 74.2 cm³/mol. The van der Waals surface area contributed by atoms with E-state index in [1.165, 1.54) is 0 Å². The fourth-order valence-electron chi connectivity index (χ4n) is 2.39. The summed E-state index contributed by atoms with van der Waals surface area (Å²) in [6.45, 7) is 0. The minimum absolute atomic E-state index is 0.0694. The van der Waals surface area contributed by atoms with Crippen LogP contribution in [0.1, 0.15) is 30.9 Å². The monoisotopic (exact) mass is 263 g/mol. The zero-order chi connectivity index (χ0) is 13.7. The molecule has 5 heteroatoms. The number of oxime groups is 1. The van der Waals surface area contributed by atoms with Crippen LogP contribution in [-0.2, 0) is 4.74 Å². The first-order valence-electron chi connectivity index (χ1n) is 6.53.